The molecule has 3 N–H and O–H groups in total. The molecule has 0 radical (unpaired) electrons. The third-order valence-electron chi connectivity index (χ3n) is 5.74. The highest BCUT2D eigenvalue weighted by molar-refractivity contribution is 7.99. The SMILES string of the molecule is Cc1ccc(NC(=O)c2c(NC(=O)CSc3n[nH]c(C4CC4)n3)sc3c2CCCC3)cc1. The van der Waals surface area contributed by atoms with E-state index >= 15 is 0 Å². The Morgan fingerprint density at radius 3 is 2.72 bits per heavy atom. The van der Waals surface area contributed by atoms with Gasteiger partial charge in [-0.3, -0.25) is 14.7 Å². The number of H-pyrrole nitrogens is 1. The number of carbonyl (C=O) groups excluding carboxylic acids is 2. The number of amides is 2. The van der Waals surface area contributed by atoms with Crippen LogP contribution in [0.1, 0.15) is 63.8 Å². The molecule has 5 rings (SSSR count). The topological polar surface area (TPSA) is 99.8 Å². The minimum absolute atomic E-state index is 0.157. The number of carbonyl (C=O) groups is 2. The van der Waals surface area contributed by atoms with Crippen LogP contribution in [-0.2, 0) is 17.6 Å². The van der Waals surface area contributed by atoms with Crippen LogP contribution in [0.25, 0.3) is 0 Å². The Kier molecular flexibility index (Phi) is 6.01. The van der Waals surface area contributed by atoms with Crippen molar-refractivity contribution in [2.45, 2.75) is 56.5 Å². The number of anilines is 2. The summed E-state index contributed by atoms with van der Waals surface area (Å²) in [5.74, 6) is 1.28. The predicted octanol–water partition coefficient (Wildman–Crippen LogP) is 4.91. The molecule has 0 aliphatic heterocycles. The molecule has 32 heavy (non-hydrogen) atoms. The molecule has 3 aromatic rings. The van der Waals surface area contributed by atoms with Crippen molar-refractivity contribution < 1.29 is 9.59 Å². The van der Waals surface area contributed by atoms with E-state index in [1.165, 1.54) is 28.0 Å². The summed E-state index contributed by atoms with van der Waals surface area (Å²) < 4.78 is 0. The number of thioether (sulfide) groups is 1. The van der Waals surface area contributed by atoms with Crippen molar-refractivity contribution in [1.29, 1.82) is 0 Å². The van der Waals surface area contributed by atoms with E-state index in [0.29, 0.717) is 21.6 Å². The standard InChI is InChI=1S/C23H25N5O2S2/c1-13-6-10-15(11-7-13)24-21(30)19-16-4-2-3-5-17(16)32-22(19)25-18(29)12-31-23-26-20(27-28-23)14-8-9-14/h6-7,10-11,14H,2-5,8-9,12H2,1H3,(H,24,30)(H,25,29)(H,26,27,28). The summed E-state index contributed by atoms with van der Waals surface area (Å²) in [6.07, 6.45) is 6.30. The molecule has 166 valence electrons. The van der Waals surface area contributed by atoms with Gasteiger partial charge >= 0.3 is 0 Å². The minimum atomic E-state index is -0.167. The molecule has 0 saturated heterocycles. The molecule has 2 amide bonds. The van der Waals surface area contributed by atoms with Crippen molar-refractivity contribution in [3.8, 4) is 0 Å². The van der Waals surface area contributed by atoms with Crippen molar-refractivity contribution >= 4 is 45.6 Å². The number of rotatable bonds is 7. The van der Waals surface area contributed by atoms with E-state index in [0.717, 1.165) is 61.2 Å². The molecule has 0 spiro atoms. The largest absolute Gasteiger partial charge is 0.322 e. The normalized spacial score (nSPS) is 15.3. The zero-order chi connectivity index (χ0) is 22.1. The van der Waals surface area contributed by atoms with Crippen LogP contribution in [-0.4, -0.2) is 32.7 Å². The van der Waals surface area contributed by atoms with E-state index in [2.05, 4.69) is 25.8 Å². The van der Waals surface area contributed by atoms with Gasteiger partial charge in [0, 0.05) is 16.5 Å². The van der Waals surface area contributed by atoms with E-state index in [9.17, 15) is 9.59 Å². The summed E-state index contributed by atoms with van der Waals surface area (Å²) >= 11 is 2.84. The molecule has 0 atom stereocenters. The molecule has 2 heterocycles. The Labute approximate surface area is 194 Å². The van der Waals surface area contributed by atoms with Crippen LogP contribution >= 0.6 is 23.1 Å². The lowest BCUT2D eigenvalue weighted by atomic mass is 9.95. The molecule has 7 nitrogen and oxygen atoms in total. The van der Waals surface area contributed by atoms with E-state index in [1.807, 2.05) is 31.2 Å². The maximum absolute atomic E-state index is 13.2. The van der Waals surface area contributed by atoms with E-state index in [4.69, 9.17) is 0 Å². The Hall–Kier alpha value is -2.65. The Morgan fingerprint density at radius 2 is 1.94 bits per heavy atom. The Bertz CT molecular complexity index is 1150. The van der Waals surface area contributed by atoms with Gasteiger partial charge in [-0.1, -0.05) is 29.5 Å². The number of nitrogens with one attached hydrogen (secondary N) is 3. The van der Waals surface area contributed by atoms with E-state index < -0.39 is 0 Å². The fourth-order valence-electron chi connectivity index (χ4n) is 3.88. The number of hydrogen-bond donors (Lipinski definition) is 3. The lowest BCUT2D eigenvalue weighted by Gasteiger charge is -2.13. The van der Waals surface area contributed by atoms with Gasteiger partial charge in [-0.15, -0.1) is 16.4 Å². The summed E-state index contributed by atoms with van der Waals surface area (Å²) in [7, 11) is 0. The first-order valence-electron chi connectivity index (χ1n) is 10.9. The van der Waals surface area contributed by atoms with Gasteiger partial charge in [0.2, 0.25) is 11.1 Å². The van der Waals surface area contributed by atoms with Crippen LogP contribution < -0.4 is 10.6 Å². The van der Waals surface area contributed by atoms with Gasteiger partial charge in [-0.2, -0.15) is 0 Å². The smallest absolute Gasteiger partial charge is 0.258 e. The zero-order valence-electron chi connectivity index (χ0n) is 17.9. The Balaban J connectivity index is 1.29. The van der Waals surface area contributed by atoms with Crippen LogP contribution in [0.15, 0.2) is 29.4 Å². The molecule has 1 saturated carbocycles. The summed E-state index contributed by atoms with van der Waals surface area (Å²) in [4.78, 5) is 31.6. The van der Waals surface area contributed by atoms with E-state index in [-0.39, 0.29) is 17.6 Å². The highest BCUT2D eigenvalue weighted by Gasteiger charge is 2.28. The van der Waals surface area contributed by atoms with Crippen molar-refractivity contribution in [2.24, 2.45) is 0 Å². The average Bonchev–Trinajstić information content (AvgIpc) is 3.41. The monoisotopic (exact) mass is 467 g/mol. The van der Waals surface area contributed by atoms with Crippen LogP contribution in [0.2, 0.25) is 0 Å². The number of benzene rings is 1. The molecule has 2 aliphatic rings. The van der Waals surface area contributed by atoms with Crippen molar-refractivity contribution in [2.75, 3.05) is 16.4 Å². The first kappa shape index (κ1) is 21.2. The molecular formula is C23H25N5O2S2. The van der Waals surface area contributed by atoms with Gasteiger partial charge in [0.05, 0.1) is 11.3 Å². The molecular weight excluding hydrogens is 442 g/mol. The average molecular weight is 468 g/mol. The van der Waals surface area contributed by atoms with Crippen LogP contribution in [0, 0.1) is 6.92 Å². The second-order valence-electron chi connectivity index (χ2n) is 8.35. The quantitative estimate of drug-likeness (QED) is 0.429. The lowest BCUT2D eigenvalue weighted by molar-refractivity contribution is -0.113. The number of nitrogens with zero attached hydrogens (tertiary/aromatic N) is 2. The molecule has 0 unspecified atom stereocenters. The van der Waals surface area contributed by atoms with Gasteiger partial charge in [-0.25, -0.2) is 4.98 Å². The third kappa shape index (κ3) is 4.73. The minimum Gasteiger partial charge on any atom is -0.322 e. The number of aryl methyl sites for hydroxylation is 2. The number of hydrogen-bond acceptors (Lipinski definition) is 6. The number of aromatic nitrogens is 3. The van der Waals surface area contributed by atoms with Gasteiger partial charge in [0.1, 0.15) is 10.8 Å². The molecule has 9 heteroatoms. The molecule has 0 bridgehead atoms. The van der Waals surface area contributed by atoms with Crippen molar-refractivity contribution in [3.63, 3.8) is 0 Å². The first-order valence-corrected chi connectivity index (χ1v) is 12.7. The summed E-state index contributed by atoms with van der Waals surface area (Å²) in [5, 5.41) is 14.4. The number of aromatic amines is 1. The highest BCUT2D eigenvalue weighted by atomic mass is 32.2. The van der Waals surface area contributed by atoms with Crippen LogP contribution in [0.5, 0.6) is 0 Å². The maximum atomic E-state index is 13.2. The van der Waals surface area contributed by atoms with Gasteiger partial charge in [0.25, 0.3) is 5.91 Å². The lowest BCUT2D eigenvalue weighted by Crippen LogP contribution is -2.19. The molecule has 2 aliphatic carbocycles. The van der Waals surface area contributed by atoms with Gasteiger partial charge in [0.15, 0.2) is 0 Å². The molecule has 1 aromatic carbocycles. The van der Waals surface area contributed by atoms with Crippen molar-refractivity contribution in [1.82, 2.24) is 15.2 Å². The van der Waals surface area contributed by atoms with Crippen LogP contribution in [0.4, 0.5) is 10.7 Å². The van der Waals surface area contributed by atoms with Gasteiger partial charge < -0.3 is 10.6 Å². The number of fused-ring (bicyclic) bond motifs is 1. The van der Waals surface area contributed by atoms with Crippen LogP contribution in [0.3, 0.4) is 0 Å². The second kappa shape index (κ2) is 9.07. The third-order valence-corrected chi connectivity index (χ3v) is 7.79. The summed E-state index contributed by atoms with van der Waals surface area (Å²) in [5.41, 5.74) is 3.58. The summed E-state index contributed by atoms with van der Waals surface area (Å²) in [6.45, 7) is 2.01. The fraction of sp³-hybridized carbons (Fsp3) is 0.391. The highest BCUT2D eigenvalue weighted by Crippen LogP contribution is 2.39. The van der Waals surface area contributed by atoms with E-state index in [1.54, 1.807) is 0 Å². The number of thiophene rings is 1. The zero-order valence-corrected chi connectivity index (χ0v) is 19.5. The molecule has 2 aromatic heterocycles. The summed E-state index contributed by atoms with van der Waals surface area (Å²) in [6, 6.07) is 7.73. The first-order chi connectivity index (χ1) is 15.6. The maximum Gasteiger partial charge on any atom is 0.258 e. The Morgan fingerprint density at radius 1 is 1.16 bits per heavy atom. The van der Waals surface area contributed by atoms with Gasteiger partial charge in [-0.05, 0) is 63.1 Å². The molecule has 1 fully saturated rings. The van der Waals surface area contributed by atoms with Crippen molar-refractivity contribution in [3.05, 3.63) is 51.7 Å². The second-order valence-corrected chi connectivity index (χ2v) is 10.4. The fourth-order valence-corrected chi connectivity index (χ4v) is 5.79. The predicted molar refractivity (Wildman–Crippen MR) is 128 cm³/mol.